The maximum Gasteiger partial charge on any atom is 0.227 e. The fourth-order valence-electron chi connectivity index (χ4n) is 3.31. The number of benzene rings is 2. The average molecular weight is 423 g/mol. The average Bonchev–Trinajstić information content (AvgIpc) is 2.68. The number of rotatable bonds is 6. The van der Waals surface area contributed by atoms with Crippen molar-refractivity contribution in [2.75, 3.05) is 25.5 Å². The van der Waals surface area contributed by atoms with Crippen molar-refractivity contribution >= 4 is 33.2 Å². The van der Waals surface area contributed by atoms with Crippen LogP contribution in [-0.4, -0.2) is 38.8 Å². The van der Waals surface area contributed by atoms with Crippen LogP contribution >= 0.6 is 11.6 Å². The molecule has 2 aromatic rings. The van der Waals surface area contributed by atoms with Crippen molar-refractivity contribution in [2.24, 2.45) is 5.92 Å². The van der Waals surface area contributed by atoms with Crippen LogP contribution in [0.15, 0.2) is 48.5 Å². The minimum absolute atomic E-state index is 0.0916. The molecule has 3 rings (SSSR count). The second-order valence-electron chi connectivity index (χ2n) is 6.75. The van der Waals surface area contributed by atoms with Crippen LogP contribution in [0.25, 0.3) is 0 Å². The normalized spacial score (nSPS) is 15.9. The molecule has 28 heavy (non-hydrogen) atoms. The predicted octanol–water partition coefficient (Wildman–Crippen LogP) is 3.53. The lowest BCUT2D eigenvalue weighted by molar-refractivity contribution is -0.120. The topological polar surface area (TPSA) is 75.7 Å². The molecule has 0 saturated carbocycles. The van der Waals surface area contributed by atoms with E-state index in [1.54, 1.807) is 43.5 Å². The van der Waals surface area contributed by atoms with Crippen molar-refractivity contribution in [2.45, 2.75) is 18.6 Å². The van der Waals surface area contributed by atoms with Gasteiger partial charge in [-0.3, -0.25) is 4.79 Å². The number of anilines is 1. The van der Waals surface area contributed by atoms with E-state index in [-0.39, 0.29) is 17.6 Å². The van der Waals surface area contributed by atoms with E-state index in [1.807, 2.05) is 12.1 Å². The summed E-state index contributed by atoms with van der Waals surface area (Å²) in [6, 6.07) is 14.1. The molecule has 1 aliphatic heterocycles. The molecule has 0 unspecified atom stereocenters. The summed E-state index contributed by atoms with van der Waals surface area (Å²) in [6.45, 7) is 0.653. The summed E-state index contributed by atoms with van der Waals surface area (Å²) in [4.78, 5) is 12.6. The van der Waals surface area contributed by atoms with Gasteiger partial charge in [0.2, 0.25) is 15.9 Å². The maximum atomic E-state index is 12.7. The summed E-state index contributed by atoms with van der Waals surface area (Å²) < 4.78 is 32.1. The molecule has 1 saturated heterocycles. The molecule has 6 nitrogen and oxygen atoms in total. The number of carbonyl (C=O) groups excluding carboxylic acids is 1. The third kappa shape index (κ3) is 5.04. The van der Waals surface area contributed by atoms with Gasteiger partial charge in [-0.25, -0.2) is 12.7 Å². The van der Waals surface area contributed by atoms with Gasteiger partial charge < -0.3 is 10.1 Å². The van der Waals surface area contributed by atoms with E-state index in [9.17, 15) is 13.2 Å². The van der Waals surface area contributed by atoms with Gasteiger partial charge in [0, 0.05) is 24.0 Å². The summed E-state index contributed by atoms with van der Waals surface area (Å²) in [7, 11) is -1.90. The summed E-state index contributed by atoms with van der Waals surface area (Å²) in [5, 5.41) is 3.40. The first-order chi connectivity index (χ1) is 13.4. The van der Waals surface area contributed by atoms with E-state index in [4.69, 9.17) is 16.3 Å². The van der Waals surface area contributed by atoms with Crippen molar-refractivity contribution in [3.05, 3.63) is 59.1 Å². The Morgan fingerprint density at radius 2 is 1.89 bits per heavy atom. The van der Waals surface area contributed by atoms with Crippen LogP contribution in [-0.2, 0) is 20.6 Å². The number of hydrogen-bond donors (Lipinski definition) is 1. The molecular weight excluding hydrogens is 400 g/mol. The van der Waals surface area contributed by atoms with E-state index in [2.05, 4.69) is 5.32 Å². The Balaban J connectivity index is 1.58. The quantitative estimate of drug-likeness (QED) is 0.772. The molecule has 1 N–H and O–H groups in total. The number of piperidine rings is 1. The SMILES string of the molecule is COc1ccccc1NC(=O)C1CCN(S(=O)(=O)Cc2cccc(Cl)c2)CC1. The largest absolute Gasteiger partial charge is 0.495 e. The first kappa shape index (κ1) is 20.6. The summed E-state index contributed by atoms with van der Waals surface area (Å²) in [6.07, 6.45) is 0.964. The van der Waals surface area contributed by atoms with Crippen LogP contribution in [0, 0.1) is 5.92 Å². The van der Waals surface area contributed by atoms with Crippen LogP contribution in [0.4, 0.5) is 5.69 Å². The lowest BCUT2D eigenvalue weighted by Crippen LogP contribution is -2.41. The van der Waals surface area contributed by atoms with Crippen molar-refractivity contribution in [1.82, 2.24) is 4.31 Å². The molecule has 8 heteroatoms. The van der Waals surface area contributed by atoms with Crippen molar-refractivity contribution in [3.63, 3.8) is 0 Å². The number of amides is 1. The zero-order valence-corrected chi connectivity index (χ0v) is 17.2. The Morgan fingerprint density at radius 3 is 2.57 bits per heavy atom. The Hall–Kier alpha value is -2.09. The summed E-state index contributed by atoms with van der Waals surface area (Å²) in [5.41, 5.74) is 1.27. The summed E-state index contributed by atoms with van der Waals surface area (Å²) in [5.74, 6) is 0.155. The second-order valence-corrected chi connectivity index (χ2v) is 9.15. The molecule has 0 aromatic heterocycles. The maximum absolute atomic E-state index is 12.7. The number of ether oxygens (including phenoxy) is 1. The first-order valence-corrected chi connectivity index (χ1v) is 11.0. The molecule has 0 radical (unpaired) electrons. The highest BCUT2D eigenvalue weighted by atomic mass is 35.5. The molecular formula is C20H23ClN2O4S. The molecule has 150 valence electrons. The zero-order chi connectivity index (χ0) is 20.1. The number of halogens is 1. The third-order valence-electron chi connectivity index (χ3n) is 4.82. The number of hydrogen-bond acceptors (Lipinski definition) is 4. The zero-order valence-electron chi connectivity index (χ0n) is 15.6. The van der Waals surface area contributed by atoms with E-state index < -0.39 is 10.0 Å². The van der Waals surface area contributed by atoms with E-state index >= 15 is 0 Å². The highest BCUT2D eigenvalue weighted by molar-refractivity contribution is 7.88. The van der Waals surface area contributed by atoms with E-state index in [0.717, 1.165) is 0 Å². The molecule has 1 heterocycles. The lowest BCUT2D eigenvalue weighted by Gasteiger charge is -2.30. The number of sulfonamides is 1. The van der Waals surface area contributed by atoms with Crippen molar-refractivity contribution < 1.29 is 17.9 Å². The smallest absolute Gasteiger partial charge is 0.227 e. The van der Waals surface area contributed by atoms with Gasteiger partial charge >= 0.3 is 0 Å². The molecule has 0 atom stereocenters. The molecule has 0 aliphatic carbocycles. The van der Waals surface area contributed by atoms with Gasteiger partial charge in [0.05, 0.1) is 18.6 Å². The number of nitrogens with zero attached hydrogens (tertiary/aromatic N) is 1. The van der Waals surface area contributed by atoms with Crippen molar-refractivity contribution in [3.8, 4) is 5.75 Å². The molecule has 0 bridgehead atoms. The monoisotopic (exact) mass is 422 g/mol. The third-order valence-corrected chi connectivity index (χ3v) is 6.91. The van der Waals surface area contributed by atoms with Gasteiger partial charge in [0.25, 0.3) is 0 Å². The molecule has 0 spiro atoms. The molecule has 1 amide bonds. The van der Waals surface area contributed by atoms with Gasteiger partial charge in [-0.2, -0.15) is 0 Å². The van der Waals surface area contributed by atoms with Gasteiger partial charge in [0.15, 0.2) is 0 Å². The highest BCUT2D eigenvalue weighted by Crippen LogP contribution is 2.27. The first-order valence-electron chi connectivity index (χ1n) is 9.05. The van der Waals surface area contributed by atoms with Gasteiger partial charge in [-0.15, -0.1) is 0 Å². The van der Waals surface area contributed by atoms with Crippen LogP contribution in [0.1, 0.15) is 18.4 Å². The summed E-state index contributed by atoms with van der Waals surface area (Å²) >= 11 is 5.94. The van der Waals surface area contributed by atoms with Crippen LogP contribution < -0.4 is 10.1 Å². The fourth-order valence-corrected chi connectivity index (χ4v) is 5.07. The second kappa shape index (κ2) is 8.94. The standard InChI is InChI=1S/C20H23ClN2O4S/c1-27-19-8-3-2-7-18(19)22-20(24)16-9-11-23(12-10-16)28(25,26)14-15-5-4-6-17(21)13-15/h2-8,13,16H,9-12,14H2,1H3,(H,22,24). The highest BCUT2D eigenvalue weighted by Gasteiger charge is 2.31. The Bertz CT molecular complexity index is 941. The molecule has 2 aromatic carbocycles. The lowest BCUT2D eigenvalue weighted by atomic mass is 9.97. The van der Waals surface area contributed by atoms with Gasteiger partial charge in [0.1, 0.15) is 5.75 Å². The fraction of sp³-hybridized carbons (Fsp3) is 0.350. The van der Waals surface area contributed by atoms with Crippen LogP contribution in [0.2, 0.25) is 5.02 Å². The van der Waals surface area contributed by atoms with Gasteiger partial charge in [-0.1, -0.05) is 35.9 Å². The van der Waals surface area contributed by atoms with E-state index in [1.165, 1.54) is 4.31 Å². The van der Waals surface area contributed by atoms with Crippen LogP contribution in [0.3, 0.4) is 0 Å². The Kier molecular flexibility index (Phi) is 6.59. The minimum Gasteiger partial charge on any atom is -0.495 e. The molecule has 1 aliphatic rings. The number of nitrogens with one attached hydrogen (secondary N) is 1. The number of carbonyl (C=O) groups is 1. The van der Waals surface area contributed by atoms with Gasteiger partial charge in [-0.05, 0) is 42.7 Å². The minimum atomic E-state index is -3.45. The molecule has 1 fully saturated rings. The van der Waals surface area contributed by atoms with Crippen LogP contribution in [0.5, 0.6) is 5.75 Å². The van der Waals surface area contributed by atoms with E-state index in [0.29, 0.717) is 48.0 Å². The number of para-hydroxylation sites is 2. The Morgan fingerprint density at radius 1 is 1.18 bits per heavy atom. The Labute approximate surface area is 170 Å². The van der Waals surface area contributed by atoms with Crippen molar-refractivity contribution in [1.29, 1.82) is 0 Å². The predicted molar refractivity (Wildman–Crippen MR) is 110 cm³/mol. The number of methoxy groups -OCH3 is 1.